The summed E-state index contributed by atoms with van der Waals surface area (Å²) in [7, 11) is 0. The summed E-state index contributed by atoms with van der Waals surface area (Å²) in [4.78, 5) is 1.11. The molecule has 2 aromatic rings. The minimum Gasteiger partial charge on any atom is -0.327 e. The average molecular weight is 300 g/mol. The summed E-state index contributed by atoms with van der Waals surface area (Å²) in [5.74, 6) is 0. The Morgan fingerprint density at radius 1 is 1.50 bits per heavy atom. The van der Waals surface area contributed by atoms with E-state index in [0.29, 0.717) is 0 Å². The van der Waals surface area contributed by atoms with Gasteiger partial charge in [-0.15, -0.1) is 10.2 Å². The summed E-state index contributed by atoms with van der Waals surface area (Å²) in [6.45, 7) is 2.10. The average Bonchev–Trinajstić information content (AvgIpc) is 2.85. The van der Waals surface area contributed by atoms with E-state index in [1.54, 1.807) is 17.3 Å². The Labute approximate surface area is 120 Å². The van der Waals surface area contributed by atoms with E-state index in [9.17, 15) is 0 Å². The monoisotopic (exact) mass is 299 g/mol. The van der Waals surface area contributed by atoms with Crippen LogP contribution in [0.15, 0.2) is 32.9 Å². The zero-order valence-corrected chi connectivity index (χ0v) is 12.4. The quantitative estimate of drug-likeness (QED) is 0.916. The third kappa shape index (κ3) is 3.68. The van der Waals surface area contributed by atoms with Crippen LogP contribution >= 0.6 is 34.7 Å². The summed E-state index contributed by atoms with van der Waals surface area (Å²) in [6.07, 6.45) is 1.82. The van der Waals surface area contributed by atoms with Crippen LogP contribution in [0.25, 0.3) is 0 Å². The van der Waals surface area contributed by atoms with Gasteiger partial charge in [0.1, 0.15) is 5.51 Å². The molecule has 0 saturated heterocycles. The molecule has 0 aliphatic heterocycles. The first-order valence-corrected chi connectivity index (χ1v) is 7.74. The summed E-state index contributed by atoms with van der Waals surface area (Å²) in [5.41, 5.74) is 8.96. The maximum atomic E-state index is 6.05. The molecule has 0 spiro atoms. The number of nitrogens with two attached hydrogens (primary N) is 1. The third-order valence-corrected chi connectivity index (χ3v) is 4.69. The summed E-state index contributed by atoms with van der Waals surface area (Å²) < 4.78 is 0.920. The maximum Gasteiger partial charge on any atom is 0.178 e. The summed E-state index contributed by atoms with van der Waals surface area (Å²) >= 11 is 9.17. The number of hydrogen-bond acceptors (Lipinski definition) is 5. The lowest BCUT2D eigenvalue weighted by molar-refractivity contribution is 0.641. The highest BCUT2D eigenvalue weighted by Gasteiger charge is 2.10. The van der Waals surface area contributed by atoms with E-state index in [2.05, 4.69) is 17.1 Å². The van der Waals surface area contributed by atoms with Crippen molar-refractivity contribution in [2.45, 2.75) is 35.0 Å². The van der Waals surface area contributed by atoms with Crippen molar-refractivity contribution in [1.82, 2.24) is 10.2 Å². The van der Waals surface area contributed by atoms with Crippen molar-refractivity contribution < 1.29 is 0 Å². The molecule has 1 aromatic heterocycles. The van der Waals surface area contributed by atoms with Crippen molar-refractivity contribution in [3.05, 3.63) is 34.3 Å². The number of hydrogen-bond donors (Lipinski definition) is 1. The van der Waals surface area contributed by atoms with E-state index in [-0.39, 0.29) is 6.04 Å². The molecule has 1 aromatic carbocycles. The van der Waals surface area contributed by atoms with Crippen LogP contribution in [0.2, 0.25) is 5.02 Å². The maximum absolute atomic E-state index is 6.05. The van der Waals surface area contributed by atoms with Gasteiger partial charge in [-0.2, -0.15) is 0 Å². The van der Waals surface area contributed by atoms with Crippen molar-refractivity contribution >= 4 is 34.7 Å². The van der Waals surface area contributed by atoms with Gasteiger partial charge in [0.05, 0.1) is 0 Å². The molecule has 0 fully saturated rings. The first kappa shape index (κ1) is 13.8. The molecule has 2 N–H and O–H groups in total. The largest absolute Gasteiger partial charge is 0.327 e. The highest BCUT2D eigenvalue weighted by molar-refractivity contribution is 8.01. The Bertz CT molecular complexity index is 502. The summed E-state index contributed by atoms with van der Waals surface area (Å²) in [5, 5.41) is 8.61. The Hall–Kier alpha value is -0.620. The number of benzene rings is 1. The fourth-order valence-corrected chi connectivity index (χ4v) is 3.37. The molecule has 2 rings (SSSR count). The SMILES string of the molecule is CCC(N)Cc1ccc(Cl)cc1Sc1nncs1. The highest BCUT2D eigenvalue weighted by atomic mass is 35.5. The number of aromatic nitrogens is 2. The molecule has 18 heavy (non-hydrogen) atoms. The fourth-order valence-electron chi connectivity index (χ4n) is 1.52. The van der Waals surface area contributed by atoms with Gasteiger partial charge in [-0.25, -0.2) is 0 Å². The smallest absolute Gasteiger partial charge is 0.178 e. The minimum atomic E-state index is 0.181. The third-order valence-electron chi connectivity index (χ3n) is 2.57. The molecule has 1 atom stereocenters. The van der Waals surface area contributed by atoms with E-state index in [4.69, 9.17) is 17.3 Å². The zero-order chi connectivity index (χ0) is 13.0. The second kappa shape index (κ2) is 6.52. The Morgan fingerprint density at radius 2 is 2.33 bits per heavy atom. The molecule has 3 nitrogen and oxygen atoms in total. The van der Waals surface area contributed by atoms with Crippen LogP contribution in [-0.4, -0.2) is 16.2 Å². The molecule has 0 bridgehead atoms. The standard InChI is InChI=1S/C12H14ClN3S2/c1-2-10(14)5-8-3-4-9(13)6-11(8)18-12-16-15-7-17-12/h3-4,6-7,10H,2,5,14H2,1H3. The predicted molar refractivity (Wildman–Crippen MR) is 77.5 cm³/mol. The lowest BCUT2D eigenvalue weighted by atomic mass is 10.1. The highest BCUT2D eigenvalue weighted by Crippen LogP contribution is 2.33. The molecular weight excluding hydrogens is 286 g/mol. The van der Waals surface area contributed by atoms with Gasteiger partial charge in [0.15, 0.2) is 4.34 Å². The van der Waals surface area contributed by atoms with Gasteiger partial charge in [-0.05, 0) is 30.5 Å². The van der Waals surface area contributed by atoms with Gasteiger partial charge in [-0.3, -0.25) is 0 Å². The van der Waals surface area contributed by atoms with Crippen molar-refractivity contribution in [1.29, 1.82) is 0 Å². The second-order valence-corrected chi connectivity index (χ2v) is 6.49. The number of halogens is 1. The lowest BCUT2D eigenvalue weighted by Gasteiger charge is -2.12. The van der Waals surface area contributed by atoms with Crippen LogP contribution in [0.4, 0.5) is 0 Å². The van der Waals surface area contributed by atoms with Crippen molar-refractivity contribution in [2.24, 2.45) is 5.73 Å². The van der Waals surface area contributed by atoms with Crippen LogP contribution in [0.5, 0.6) is 0 Å². The van der Waals surface area contributed by atoms with Gasteiger partial charge >= 0.3 is 0 Å². The van der Waals surface area contributed by atoms with Crippen LogP contribution in [0.3, 0.4) is 0 Å². The molecular formula is C12H14ClN3S2. The molecule has 0 amide bonds. The topological polar surface area (TPSA) is 51.8 Å². The van der Waals surface area contributed by atoms with E-state index in [1.807, 2.05) is 18.2 Å². The van der Waals surface area contributed by atoms with Gasteiger partial charge in [0.2, 0.25) is 0 Å². The number of rotatable bonds is 5. The van der Waals surface area contributed by atoms with E-state index < -0.39 is 0 Å². The van der Waals surface area contributed by atoms with Gasteiger partial charge in [0.25, 0.3) is 0 Å². The normalized spacial score (nSPS) is 12.6. The Balaban J connectivity index is 2.23. The minimum absolute atomic E-state index is 0.181. The van der Waals surface area contributed by atoms with Gasteiger partial charge < -0.3 is 5.73 Å². The molecule has 0 saturated carbocycles. The van der Waals surface area contributed by atoms with Crippen molar-refractivity contribution in [3.63, 3.8) is 0 Å². The molecule has 1 heterocycles. The Morgan fingerprint density at radius 3 is 3.00 bits per heavy atom. The first-order chi connectivity index (χ1) is 8.69. The molecule has 6 heteroatoms. The van der Waals surface area contributed by atoms with Crippen LogP contribution in [0.1, 0.15) is 18.9 Å². The van der Waals surface area contributed by atoms with Crippen LogP contribution in [0, 0.1) is 0 Å². The zero-order valence-electron chi connectivity index (χ0n) is 9.97. The fraction of sp³-hybridized carbons (Fsp3) is 0.333. The number of nitrogens with zero attached hydrogens (tertiary/aromatic N) is 2. The van der Waals surface area contributed by atoms with E-state index in [0.717, 1.165) is 27.1 Å². The molecule has 1 unspecified atom stereocenters. The Kier molecular flexibility index (Phi) is 5.00. The van der Waals surface area contributed by atoms with E-state index >= 15 is 0 Å². The molecule has 0 radical (unpaired) electrons. The van der Waals surface area contributed by atoms with Gasteiger partial charge in [-0.1, -0.05) is 47.7 Å². The van der Waals surface area contributed by atoms with Crippen LogP contribution < -0.4 is 5.73 Å². The second-order valence-electron chi connectivity index (χ2n) is 3.93. The van der Waals surface area contributed by atoms with Gasteiger partial charge in [0, 0.05) is 16.0 Å². The van der Waals surface area contributed by atoms with Crippen molar-refractivity contribution in [2.75, 3.05) is 0 Å². The van der Waals surface area contributed by atoms with Crippen LogP contribution in [-0.2, 0) is 6.42 Å². The molecule has 0 aliphatic rings. The lowest BCUT2D eigenvalue weighted by Crippen LogP contribution is -2.21. The summed E-state index contributed by atoms with van der Waals surface area (Å²) in [6, 6.07) is 6.09. The van der Waals surface area contributed by atoms with Crippen molar-refractivity contribution in [3.8, 4) is 0 Å². The first-order valence-electron chi connectivity index (χ1n) is 5.67. The molecule has 0 aliphatic carbocycles. The molecule has 96 valence electrons. The predicted octanol–water partition coefficient (Wildman–Crippen LogP) is 3.62. The van der Waals surface area contributed by atoms with E-state index in [1.165, 1.54) is 16.9 Å².